The maximum atomic E-state index is 13.2. The lowest BCUT2D eigenvalue weighted by atomic mass is 9.78. The van der Waals surface area contributed by atoms with Crippen molar-refractivity contribution in [2.75, 3.05) is 0 Å². The zero-order valence-corrected chi connectivity index (χ0v) is 15.9. The van der Waals surface area contributed by atoms with Gasteiger partial charge in [0.2, 0.25) is 15.9 Å². The smallest absolute Gasteiger partial charge is 0.228 e. The van der Waals surface area contributed by atoms with Crippen molar-refractivity contribution in [2.45, 2.75) is 81.2 Å². The number of fused-ring (bicyclic) bond motifs is 1. The summed E-state index contributed by atoms with van der Waals surface area (Å²) in [5.41, 5.74) is 0. The molecular weight excluding hydrogens is 350 g/mol. The number of carbonyl (C=O) groups excluding carboxylic acids is 1. The fraction of sp³-hybridized carbons (Fsp3) is 0.938. The van der Waals surface area contributed by atoms with Gasteiger partial charge in [-0.3, -0.25) is 10.1 Å². The van der Waals surface area contributed by atoms with Crippen molar-refractivity contribution in [3.8, 4) is 0 Å². The quantitative estimate of drug-likeness (QED) is 0.711. The van der Waals surface area contributed by atoms with E-state index in [9.17, 15) is 13.2 Å². The molecule has 1 saturated heterocycles. The third kappa shape index (κ3) is 3.32. The highest BCUT2D eigenvalue weighted by Crippen LogP contribution is 2.38. The zero-order valence-electron chi connectivity index (χ0n) is 14.3. The standard InChI is InChI=1S/C16H28ClN3O3S/c1-9-5-3-4-6-14(9)20-10(2)19-13-8-12(17)15(24(18,22)23)7-11(13)16(20)21/h9-15,19H,3-8H2,1-2H3,(H2,18,22,23). The van der Waals surface area contributed by atoms with Gasteiger partial charge in [-0.15, -0.1) is 11.6 Å². The molecule has 1 amide bonds. The summed E-state index contributed by atoms with van der Waals surface area (Å²) < 4.78 is 23.7. The molecule has 1 heterocycles. The molecule has 8 heteroatoms. The van der Waals surface area contributed by atoms with E-state index in [0.717, 1.165) is 19.3 Å². The number of nitrogens with two attached hydrogens (primary N) is 1. The van der Waals surface area contributed by atoms with E-state index < -0.39 is 20.7 Å². The summed E-state index contributed by atoms with van der Waals surface area (Å²) in [7, 11) is -3.75. The normalized spacial score (nSPS) is 44.2. The second kappa shape index (κ2) is 6.74. The van der Waals surface area contributed by atoms with Crippen LogP contribution in [0.1, 0.15) is 52.4 Å². The van der Waals surface area contributed by atoms with Crippen LogP contribution in [0.3, 0.4) is 0 Å². The van der Waals surface area contributed by atoms with Crippen LogP contribution in [0.15, 0.2) is 0 Å². The van der Waals surface area contributed by atoms with Crippen molar-refractivity contribution < 1.29 is 13.2 Å². The Hall–Kier alpha value is -0.370. The minimum atomic E-state index is -3.75. The van der Waals surface area contributed by atoms with Gasteiger partial charge in [-0.1, -0.05) is 19.8 Å². The number of primary sulfonamides is 1. The minimum absolute atomic E-state index is 0.0424. The minimum Gasteiger partial charge on any atom is -0.324 e. The first-order valence-electron chi connectivity index (χ1n) is 8.94. The van der Waals surface area contributed by atoms with Gasteiger partial charge in [0.1, 0.15) is 0 Å². The summed E-state index contributed by atoms with van der Waals surface area (Å²) in [6.45, 7) is 4.23. The van der Waals surface area contributed by atoms with Gasteiger partial charge >= 0.3 is 0 Å². The fourth-order valence-electron chi connectivity index (χ4n) is 4.85. The van der Waals surface area contributed by atoms with E-state index in [1.165, 1.54) is 6.42 Å². The molecule has 0 aromatic rings. The lowest BCUT2D eigenvalue weighted by Gasteiger charge is -2.51. The molecule has 3 rings (SSSR count). The van der Waals surface area contributed by atoms with Gasteiger partial charge in [-0.25, -0.2) is 13.6 Å². The van der Waals surface area contributed by atoms with Crippen LogP contribution in [0.25, 0.3) is 0 Å². The molecule has 0 aromatic carbocycles. The second-order valence-corrected chi connectivity index (χ2v) is 10.1. The Morgan fingerprint density at radius 1 is 1.21 bits per heavy atom. The van der Waals surface area contributed by atoms with Crippen LogP contribution >= 0.6 is 11.6 Å². The van der Waals surface area contributed by atoms with E-state index >= 15 is 0 Å². The van der Waals surface area contributed by atoms with E-state index in [0.29, 0.717) is 12.3 Å². The van der Waals surface area contributed by atoms with Crippen molar-refractivity contribution in [1.29, 1.82) is 0 Å². The van der Waals surface area contributed by atoms with Gasteiger partial charge in [0.25, 0.3) is 0 Å². The number of nitrogens with zero attached hydrogens (tertiary/aromatic N) is 1. The average molecular weight is 378 g/mol. The summed E-state index contributed by atoms with van der Waals surface area (Å²) in [4.78, 5) is 15.2. The van der Waals surface area contributed by atoms with Crippen LogP contribution in [0.5, 0.6) is 0 Å². The molecule has 3 fully saturated rings. The molecule has 7 atom stereocenters. The summed E-state index contributed by atoms with van der Waals surface area (Å²) in [5.74, 6) is 0.192. The highest BCUT2D eigenvalue weighted by atomic mass is 35.5. The zero-order chi connectivity index (χ0) is 17.6. The van der Waals surface area contributed by atoms with Gasteiger partial charge in [-0.05, 0) is 38.5 Å². The predicted octanol–water partition coefficient (Wildman–Crippen LogP) is 1.39. The first kappa shape index (κ1) is 18.4. The van der Waals surface area contributed by atoms with E-state index in [4.69, 9.17) is 16.7 Å². The molecule has 7 unspecified atom stereocenters. The van der Waals surface area contributed by atoms with E-state index in [1.54, 1.807) is 0 Å². The number of nitrogens with one attached hydrogen (secondary N) is 1. The van der Waals surface area contributed by atoms with Crippen molar-refractivity contribution in [3.63, 3.8) is 0 Å². The van der Waals surface area contributed by atoms with Crippen LogP contribution in [-0.4, -0.2) is 48.1 Å². The van der Waals surface area contributed by atoms with Gasteiger partial charge in [0, 0.05) is 12.1 Å². The number of sulfonamides is 1. The summed E-state index contributed by atoms with van der Waals surface area (Å²) in [6.07, 6.45) is 5.15. The Morgan fingerprint density at radius 2 is 1.88 bits per heavy atom. The van der Waals surface area contributed by atoms with Crippen molar-refractivity contribution in [3.05, 3.63) is 0 Å². The molecule has 2 aliphatic carbocycles. The Labute approximate surface area is 149 Å². The average Bonchev–Trinajstić information content (AvgIpc) is 2.47. The molecule has 6 nitrogen and oxygen atoms in total. The Kier molecular flexibility index (Phi) is 5.17. The predicted molar refractivity (Wildman–Crippen MR) is 93.9 cm³/mol. The van der Waals surface area contributed by atoms with Crippen LogP contribution in [-0.2, 0) is 14.8 Å². The van der Waals surface area contributed by atoms with Crippen LogP contribution < -0.4 is 10.5 Å². The first-order chi connectivity index (χ1) is 11.2. The van der Waals surface area contributed by atoms with Gasteiger partial charge in [-0.2, -0.15) is 0 Å². The number of alkyl halides is 1. The Bertz CT molecular complexity index is 599. The second-order valence-electron chi connectivity index (χ2n) is 7.75. The van der Waals surface area contributed by atoms with Crippen molar-refractivity contribution in [2.24, 2.45) is 17.0 Å². The summed E-state index contributed by atoms with van der Waals surface area (Å²) >= 11 is 6.27. The van der Waals surface area contributed by atoms with E-state index in [2.05, 4.69) is 12.2 Å². The number of hydrogen-bond donors (Lipinski definition) is 2. The Morgan fingerprint density at radius 3 is 2.50 bits per heavy atom. The molecule has 3 aliphatic rings. The monoisotopic (exact) mass is 377 g/mol. The van der Waals surface area contributed by atoms with Crippen molar-refractivity contribution in [1.82, 2.24) is 10.2 Å². The number of rotatable bonds is 2. The van der Waals surface area contributed by atoms with E-state index in [-0.39, 0.29) is 36.5 Å². The Balaban J connectivity index is 1.83. The van der Waals surface area contributed by atoms with Crippen LogP contribution in [0.2, 0.25) is 0 Å². The molecule has 0 spiro atoms. The molecule has 2 saturated carbocycles. The molecule has 24 heavy (non-hydrogen) atoms. The first-order valence-corrected chi connectivity index (χ1v) is 11.0. The molecule has 1 aliphatic heterocycles. The topological polar surface area (TPSA) is 92.5 Å². The summed E-state index contributed by atoms with van der Waals surface area (Å²) in [5, 5.41) is 7.45. The van der Waals surface area contributed by atoms with Gasteiger partial charge in [0.15, 0.2) is 0 Å². The van der Waals surface area contributed by atoms with Crippen molar-refractivity contribution >= 4 is 27.5 Å². The van der Waals surface area contributed by atoms with Gasteiger partial charge in [0.05, 0.1) is 22.7 Å². The highest BCUT2D eigenvalue weighted by molar-refractivity contribution is 7.89. The summed E-state index contributed by atoms with van der Waals surface area (Å²) in [6, 6.07) is 0.166. The van der Waals surface area contributed by atoms with E-state index in [1.807, 2.05) is 11.8 Å². The van der Waals surface area contributed by atoms with Gasteiger partial charge < -0.3 is 4.90 Å². The number of halogens is 1. The number of hydrogen-bond acceptors (Lipinski definition) is 4. The molecule has 0 aromatic heterocycles. The third-order valence-electron chi connectivity index (χ3n) is 6.14. The molecular formula is C16H28ClN3O3S. The molecule has 0 radical (unpaired) electrons. The lowest BCUT2D eigenvalue weighted by molar-refractivity contribution is -0.151. The number of amides is 1. The van der Waals surface area contributed by atoms with Crippen LogP contribution in [0, 0.1) is 11.8 Å². The SMILES string of the molecule is CC1CCCCC1N1C(=O)C2CC(S(N)(=O)=O)C(Cl)CC2NC1C. The van der Waals surface area contributed by atoms with Crippen LogP contribution in [0.4, 0.5) is 0 Å². The molecule has 0 bridgehead atoms. The maximum absolute atomic E-state index is 13.2. The lowest BCUT2D eigenvalue weighted by Crippen LogP contribution is -2.68. The molecule has 3 N–H and O–H groups in total. The number of carbonyl (C=O) groups is 1. The third-order valence-corrected chi connectivity index (χ3v) is 8.14. The largest absolute Gasteiger partial charge is 0.324 e. The fourth-order valence-corrected chi connectivity index (χ4v) is 6.57. The molecule has 138 valence electrons. The maximum Gasteiger partial charge on any atom is 0.228 e. The highest BCUT2D eigenvalue weighted by Gasteiger charge is 2.50.